The Balaban J connectivity index is 2.44. The van der Waals surface area contributed by atoms with Gasteiger partial charge in [-0.3, -0.25) is 0 Å². The fourth-order valence-electron chi connectivity index (χ4n) is 2.89. The third kappa shape index (κ3) is 1.00. The van der Waals surface area contributed by atoms with Gasteiger partial charge in [0.25, 0.3) is 0 Å². The molecule has 0 aromatic heterocycles. The highest BCUT2D eigenvalue weighted by molar-refractivity contribution is 5.85. The first-order chi connectivity index (χ1) is 7.62. The first kappa shape index (κ1) is 9.46. The Labute approximate surface area is 95.9 Å². The van der Waals surface area contributed by atoms with E-state index >= 15 is 0 Å². The van der Waals surface area contributed by atoms with Crippen LogP contribution in [0.4, 0.5) is 5.69 Å². The Morgan fingerprint density at radius 3 is 2.38 bits per heavy atom. The van der Waals surface area contributed by atoms with E-state index in [0.29, 0.717) is 0 Å². The highest BCUT2D eigenvalue weighted by atomic mass is 14.6. The molecule has 1 aliphatic rings. The summed E-state index contributed by atoms with van der Waals surface area (Å²) in [5, 5.41) is 0. The molecule has 0 aliphatic heterocycles. The molecule has 0 atom stereocenters. The number of hydrogen-bond donors (Lipinski definition) is 1. The Kier molecular flexibility index (Phi) is 1.70. The minimum Gasteiger partial charge on any atom is -0.398 e. The summed E-state index contributed by atoms with van der Waals surface area (Å²) in [4.78, 5) is 0. The van der Waals surface area contributed by atoms with Gasteiger partial charge in [0.15, 0.2) is 0 Å². The van der Waals surface area contributed by atoms with Crippen LogP contribution in [-0.4, -0.2) is 0 Å². The lowest BCUT2D eigenvalue weighted by atomic mass is 9.82. The average molecular weight is 209 g/mol. The molecule has 0 bridgehead atoms. The third-order valence-electron chi connectivity index (χ3n) is 3.61. The lowest BCUT2D eigenvalue weighted by Gasteiger charge is -2.22. The normalized spacial score (nSPS) is 15.6. The van der Waals surface area contributed by atoms with Gasteiger partial charge in [0, 0.05) is 11.1 Å². The molecule has 16 heavy (non-hydrogen) atoms. The molecule has 0 saturated heterocycles. The van der Waals surface area contributed by atoms with Crippen LogP contribution in [0.25, 0.3) is 11.1 Å². The van der Waals surface area contributed by atoms with Crippen LogP contribution in [0.3, 0.4) is 0 Å². The molecule has 2 N–H and O–H groups in total. The topological polar surface area (TPSA) is 26.0 Å². The van der Waals surface area contributed by atoms with Gasteiger partial charge in [-0.2, -0.15) is 0 Å². The second-order valence-electron chi connectivity index (χ2n) is 4.94. The summed E-state index contributed by atoms with van der Waals surface area (Å²) in [6.45, 7) is 4.49. The molecule has 0 saturated carbocycles. The number of benzene rings is 2. The predicted molar refractivity (Wildman–Crippen MR) is 68.4 cm³/mol. The van der Waals surface area contributed by atoms with Gasteiger partial charge in [-0.15, -0.1) is 0 Å². The molecule has 0 radical (unpaired) electrons. The standard InChI is InChI=1S/C15H15N/c1-15(2)12-8-4-3-6-10(12)11-7-5-9-13(16)14(11)15/h3-9H,16H2,1-2H3. The molecule has 1 aliphatic carbocycles. The van der Waals surface area contributed by atoms with Crippen molar-refractivity contribution in [3.8, 4) is 11.1 Å². The Bertz CT molecular complexity index is 567. The number of anilines is 1. The van der Waals surface area contributed by atoms with Crippen LogP contribution in [0.5, 0.6) is 0 Å². The smallest absolute Gasteiger partial charge is 0.0361 e. The van der Waals surface area contributed by atoms with Crippen molar-refractivity contribution in [1.29, 1.82) is 0 Å². The van der Waals surface area contributed by atoms with Crippen molar-refractivity contribution in [2.45, 2.75) is 19.3 Å². The number of fused-ring (bicyclic) bond motifs is 3. The summed E-state index contributed by atoms with van der Waals surface area (Å²) in [7, 11) is 0. The Hall–Kier alpha value is -1.76. The van der Waals surface area contributed by atoms with Crippen LogP contribution in [-0.2, 0) is 5.41 Å². The average Bonchev–Trinajstić information content (AvgIpc) is 2.50. The lowest BCUT2D eigenvalue weighted by molar-refractivity contribution is 0.663. The third-order valence-corrected chi connectivity index (χ3v) is 3.61. The Morgan fingerprint density at radius 1 is 0.875 bits per heavy atom. The summed E-state index contributed by atoms with van der Waals surface area (Å²) in [6, 6.07) is 14.8. The van der Waals surface area contributed by atoms with Crippen molar-refractivity contribution in [3.63, 3.8) is 0 Å². The van der Waals surface area contributed by atoms with Crippen LogP contribution in [0, 0.1) is 0 Å². The second-order valence-corrected chi connectivity index (χ2v) is 4.94. The van der Waals surface area contributed by atoms with Crippen LogP contribution in [0.2, 0.25) is 0 Å². The van der Waals surface area contributed by atoms with Gasteiger partial charge >= 0.3 is 0 Å². The first-order valence-electron chi connectivity index (χ1n) is 5.61. The number of hydrogen-bond acceptors (Lipinski definition) is 1. The van der Waals surface area contributed by atoms with Crippen molar-refractivity contribution in [3.05, 3.63) is 53.6 Å². The molecule has 0 heterocycles. The van der Waals surface area contributed by atoms with Crippen molar-refractivity contribution in [2.24, 2.45) is 0 Å². The van der Waals surface area contributed by atoms with Crippen molar-refractivity contribution < 1.29 is 0 Å². The molecule has 0 spiro atoms. The lowest BCUT2D eigenvalue weighted by Crippen LogP contribution is -2.16. The van der Waals surface area contributed by atoms with E-state index in [1.807, 2.05) is 12.1 Å². The van der Waals surface area contributed by atoms with Gasteiger partial charge < -0.3 is 5.73 Å². The van der Waals surface area contributed by atoms with Gasteiger partial charge in [-0.1, -0.05) is 50.2 Å². The summed E-state index contributed by atoms with van der Waals surface area (Å²) in [5.74, 6) is 0. The molecule has 1 nitrogen and oxygen atoms in total. The first-order valence-corrected chi connectivity index (χ1v) is 5.61. The van der Waals surface area contributed by atoms with Gasteiger partial charge in [-0.05, 0) is 28.3 Å². The van der Waals surface area contributed by atoms with Gasteiger partial charge in [0.1, 0.15) is 0 Å². The van der Waals surface area contributed by atoms with Crippen LogP contribution in [0.15, 0.2) is 42.5 Å². The van der Waals surface area contributed by atoms with E-state index in [-0.39, 0.29) is 5.41 Å². The zero-order valence-electron chi connectivity index (χ0n) is 9.62. The SMILES string of the molecule is CC1(C)c2ccccc2-c2cccc(N)c21. The van der Waals surface area contributed by atoms with Crippen molar-refractivity contribution in [2.75, 3.05) is 5.73 Å². The van der Waals surface area contributed by atoms with Gasteiger partial charge in [0.05, 0.1) is 0 Å². The summed E-state index contributed by atoms with van der Waals surface area (Å²) in [5.41, 5.74) is 12.3. The second kappa shape index (κ2) is 2.88. The highest BCUT2D eigenvalue weighted by Crippen LogP contribution is 2.50. The van der Waals surface area contributed by atoms with Gasteiger partial charge in [0.2, 0.25) is 0 Å². The molecule has 3 rings (SSSR count). The highest BCUT2D eigenvalue weighted by Gasteiger charge is 2.36. The Morgan fingerprint density at radius 2 is 1.56 bits per heavy atom. The van der Waals surface area contributed by atoms with Crippen LogP contribution < -0.4 is 5.73 Å². The van der Waals surface area contributed by atoms with Crippen molar-refractivity contribution in [1.82, 2.24) is 0 Å². The van der Waals surface area contributed by atoms with E-state index in [9.17, 15) is 0 Å². The van der Waals surface area contributed by atoms with E-state index < -0.39 is 0 Å². The molecule has 0 amide bonds. The van der Waals surface area contributed by atoms with E-state index in [0.717, 1.165) is 5.69 Å². The fraction of sp³-hybridized carbons (Fsp3) is 0.200. The van der Waals surface area contributed by atoms with Crippen LogP contribution in [0.1, 0.15) is 25.0 Å². The summed E-state index contributed by atoms with van der Waals surface area (Å²) < 4.78 is 0. The van der Waals surface area contributed by atoms with Gasteiger partial charge in [-0.25, -0.2) is 0 Å². The zero-order chi connectivity index (χ0) is 11.3. The minimum atomic E-state index is 0.0251. The number of nitrogens with two attached hydrogens (primary N) is 1. The maximum atomic E-state index is 6.13. The molecule has 2 aromatic carbocycles. The minimum absolute atomic E-state index is 0.0251. The number of rotatable bonds is 0. The maximum Gasteiger partial charge on any atom is 0.0361 e. The molecule has 0 fully saturated rings. The largest absolute Gasteiger partial charge is 0.398 e. The van der Waals surface area contributed by atoms with Crippen molar-refractivity contribution >= 4 is 5.69 Å². The van der Waals surface area contributed by atoms with E-state index in [2.05, 4.69) is 44.2 Å². The summed E-state index contributed by atoms with van der Waals surface area (Å²) >= 11 is 0. The van der Waals surface area contributed by atoms with E-state index in [1.165, 1.54) is 22.3 Å². The molecule has 2 aromatic rings. The maximum absolute atomic E-state index is 6.13. The summed E-state index contributed by atoms with van der Waals surface area (Å²) in [6.07, 6.45) is 0. The quantitative estimate of drug-likeness (QED) is 0.659. The fourth-order valence-corrected chi connectivity index (χ4v) is 2.89. The van der Waals surface area contributed by atoms with E-state index in [1.54, 1.807) is 0 Å². The molecule has 0 unspecified atom stereocenters. The predicted octanol–water partition coefficient (Wildman–Crippen LogP) is 3.58. The monoisotopic (exact) mass is 209 g/mol. The van der Waals surface area contributed by atoms with Crippen LogP contribution >= 0.6 is 0 Å². The van der Waals surface area contributed by atoms with E-state index in [4.69, 9.17) is 5.73 Å². The molecular weight excluding hydrogens is 194 g/mol. The molecular formula is C15H15N. The zero-order valence-corrected chi connectivity index (χ0v) is 9.62. The molecule has 80 valence electrons. The molecule has 1 heteroatoms. The number of nitrogen functional groups attached to an aromatic ring is 1.